The molecule has 0 aliphatic rings. The van der Waals surface area contributed by atoms with Crippen LogP contribution in [0, 0.1) is 6.92 Å². The highest BCUT2D eigenvalue weighted by atomic mass is 32.2. The molecule has 2 aromatic heterocycles. The highest BCUT2D eigenvalue weighted by molar-refractivity contribution is 7.98. The summed E-state index contributed by atoms with van der Waals surface area (Å²) in [5, 5.41) is 8.74. The van der Waals surface area contributed by atoms with Crippen LogP contribution in [0.3, 0.4) is 0 Å². The van der Waals surface area contributed by atoms with Crippen molar-refractivity contribution in [2.24, 2.45) is 0 Å². The van der Waals surface area contributed by atoms with Gasteiger partial charge in [-0.1, -0.05) is 30.0 Å². The van der Waals surface area contributed by atoms with Gasteiger partial charge in [0.25, 0.3) is 5.22 Å². The van der Waals surface area contributed by atoms with Crippen LogP contribution in [0.5, 0.6) is 5.75 Å². The third-order valence-corrected chi connectivity index (χ3v) is 4.89. The molecule has 0 atom stereocenters. The van der Waals surface area contributed by atoms with Crippen molar-refractivity contribution in [3.8, 4) is 28.7 Å². The van der Waals surface area contributed by atoms with Gasteiger partial charge in [-0.25, -0.2) is 4.98 Å². The van der Waals surface area contributed by atoms with Gasteiger partial charge in [0, 0.05) is 16.9 Å². The van der Waals surface area contributed by atoms with E-state index in [1.165, 1.54) is 11.8 Å². The number of oxazole rings is 1. The number of aryl methyl sites for hydroxylation is 1. The number of benzene rings is 2. The average molecular weight is 393 g/mol. The normalized spacial score (nSPS) is 10.9. The lowest BCUT2D eigenvalue weighted by atomic mass is 10.2. The van der Waals surface area contributed by atoms with E-state index in [1.54, 1.807) is 0 Å². The predicted octanol–water partition coefficient (Wildman–Crippen LogP) is 5.39. The van der Waals surface area contributed by atoms with Crippen molar-refractivity contribution in [3.63, 3.8) is 0 Å². The first kappa shape index (κ1) is 18.3. The molecule has 0 fully saturated rings. The standard InChI is InChI=1S/C21H19N3O3S/c1-3-25-17-11-9-16(10-12-17)20-23-24-21(27-20)28-13-18-14(2)26-19(22-18)15-7-5-4-6-8-15/h4-12H,3,13H2,1-2H3. The van der Waals surface area contributed by atoms with Crippen LogP contribution in [0.25, 0.3) is 22.9 Å². The van der Waals surface area contributed by atoms with E-state index < -0.39 is 0 Å². The largest absolute Gasteiger partial charge is 0.494 e. The second-order valence-electron chi connectivity index (χ2n) is 6.01. The minimum atomic E-state index is 0.479. The topological polar surface area (TPSA) is 74.2 Å². The van der Waals surface area contributed by atoms with Crippen LogP contribution >= 0.6 is 11.8 Å². The number of aromatic nitrogens is 3. The summed E-state index contributed by atoms with van der Waals surface area (Å²) in [5.41, 5.74) is 2.67. The molecule has 4 aromatic rings. The van der Waals surface area contributed by atoms with Gasteiger partial charge in [0.1, 0.15) is 11.5 Å². The summed E-state index contributed by atoms with van der Waals surface area (Å²) in [6, 6.07) is 17.4. The molecule has 2 heterocycles. The zero-order chi connectivity index (χ0) is 19.3. The highest BCUT2D eigenvalue weighted by Crippen LogP contribution is 2.29. The lowest BCUT2D eigenvalue weighted by Crippen LogP contribution is -1.90. The van der Waals surface area contributed by atoms with Gasteiger partial charge >= 0.3 is 0 Å². The molecule has 0 spiro atoms. The molecule has 0 saturated heterocycles. The van der Waals surface area contributed by atoms with Crippen LogP contribution in [0.15, 0.2) is 68.7 Å². The maximum atomic E-state index is 5.79. The van der Waals surface area contributed by atoms with Crippen molar-refractivity contribution in [1.82, 2.24) is 15.2 Å². The summed E-state index contributed by atoms with van der Waals surface area (Å²) in [6.07, 6.45) is 0. The van der Waals surface area contributed by atoms with Gasteiger partial charge in [0.15, 0.2) is 0 Å². The van der Waals surface area contributed by atoms with Crippen LogP contribution < -0.4 is 4.74 Å². The van der Waals surface area contributed by atoms with Crippen molar-refractivity contribution < 1.29 is 13.6 Å². The molecular formula is C21H19N3O3S. The maximum absolute atomic E-state index is 5.79. The molecule has 142 valence electrons. The first-order chi connectivity index (χ1) is 13.7. The molecule has 0 bridgehead atoms. The van der Waals surface area contributed by atoms with Crippen molar-refractivity contribution in [3.05, 3.63) is 66.1 Å². The fourth-order valence-corrected chi connectivity index (χ4v) is 3.41. The van der Waals surface area contributed by atoms with E-state index in [-0.39, 0.29) is 0 Å². The molecule has 0 unspecified atom stereocenters. The zero-order valence-corrected chi connectivity index (χ0v) is 16.4. The Labute approximate surface area is 167 Å². The zero-order valence-electron chi connectivity index (χ0n) is 15.6. The third kappa shape index (κ3) is 4.09. The molecule has 6 nitrogen and oxygen atoms in total. The van der Waals surface area contributed by atoms with Crippen molar-refractivity contribution >= 4 is 11.8 Å². The van der Waals surface area contributed by atoms with Gasteiger partial charge in [-0.15, -0.1) is 10.2 Å². The number of rotatable bonds is 7. The van der Waals surface area contributed by atoms with E-state index in [1.807, 2.05) is 68.4 Å². The minimum Gasteiger partial charge on any atom is -0.494 e. The molecule has 0 aliphatic carbocycles. The molecule has 0 amide bonds. The van der Waals surface area contributed by atoms with Crippen LogP contribution in [-0.2, 0) is 5.75 Å². The number of ether oxygens (including phenoxy) is 1. The van der Waals surface area contributed by atoms with Gasteiger partial charge in [-0.05, 0) is 50.2 Å². The summed E-state index contributed by atoms with van der Waals surface area (Å²) < 4.78 is 17.0. The molecule has 0 saturated carbocycles. The second-order valence-corrected chi connectivity index (χ2v) is 6.93. The molecule has 0 N–H and O–H groups in total. The lowest BCUT2D eigenvalue weighted by molar-refractivity contribution is 0.340. The summed E-state index contributed by atoms with van der Waals surface area (Å²) >= 11 is 1.44. The van der Waals surface area contributed by atoms with Crippen molar-refractivity contribution in [1.29, 1.82) is 0 Å². The average Bonchev–Trinajstić information content (AvgIpc) is 3.35. The monoisotopic (exact) mass is 393 g/mol. The first-order valence-corrected chi connectivity index (χ1v) is 9.92. The van der Waals surface area contributed by atoms with Crippen LogP contribution in [-0.4, -0.2) is 21.8 Å². The molecule has 2 aromatic carbocycles. The molecular weight excluding hydrogens is 374 g/mol. The number of hydrogen-bond donors (Lipinski definition) is 0. The molecule has 28 heavy (non-hydrogen) atoms. The van der Waals surface area contributed by atoms with Gasteiger partial charge in [-0.3, -0.25) is 0 Å². The Bertz CT molecular complexity index is 1040. The molecule has 0 radical (unpaired) electrons. The van der Waals surface area contributed by atoms with Crippen molar-refractivity contribution in [2.75, 3.05) is 6.61 Å². The molecule has 4 rings (SSSR count). The third-order valence-electron chi connectivity index (χ3n) is 4.06. The molecule has 7 heteroatoms. The highest BCUT2D eigenvalue weighted by Gasteiger charge is 2.14. The van der Waals surface area contributed by atoms with Crippen LogP contribution in [0.2, 0.25) is 0 Å². The number of hydrogen-bond acceptors (Lipinski definition) is 7. The maximum Gasteiger partial charge on any atom is 0.277 e. The van der Waals surface area contributed by atoms with Gasteiger partial charge in [-0.2, -0.15) is 0 Å². The minimum absolute atomic E-state index is 0.479. The van der Waals surface area contributed by atoms with E-state index in [0.29, 0.717) is 29.4 Å². The van der Waals surface area contributed by atoms with E-state index >= 15 is 0 Å². The van der Waals surface area contributed by atoms with Gasteiger partial charge in [0.2, 0.25) is 11.8 Å². The predicted molar refractivity (Wildman–Crippen MR) is 107 cm³/mol. The Morgan fingerprint density at radius 1 is 0.893 bits per heavy atom. The van der Waals surface area contributed by atoms with E-state index in [4.69, 9.17) is 13.6 Å². The Balaban J connectivity index is 1.43. The van der Waals surface area contributed by atoms with Gasteiger partial charge in [0.05, 0.1) is 12.3 Å². The Hall–Kier alpha value is -3.06. The number of nitrogens with zero attached hydrogens (tertiary/aromatic N) is 3. The lowest BCUT2D eigenvalue weighted by Gasteiger charge is -2.02. The second kappa shape index (κ2) is 8.31. The SMILES string of the molecule is CCOc1ccc(-c2nnc(SCc3nc(-c4ccccc4)oc3C)o2)cc1. The Morgan fingerprint density at radius 3 is 2.39 bits per heavy atom. The van der Waals surface area contributed by atoms with Crippen LogP contribution in [0.1, 0.15) is 18.4 Å². The summed E-state index contributed by atoms with van der Waals surface area (Å²) in [5.74, 6) is 3.29. The Morgan fingerprint density at radius 2 is 1.64 bits per heavy atom. The van der Waals surface area contributed by atoms with Crippen molar-refractivity contribution in [2.45, 2.75) is 24.8 Å². The molecule has 0 aliphatic heterocycles. The van der Waals surface area contributed by atoms with E-state index in [0.717, 1.165) is 28.3 Å². The fraction of sp³-hybridized carbons (Fsp3) is 0.190. The Kier molecular flexibility index (Phi) is 5.43. The van der Waals surface area contributed by atoms with Gasteiger partial charge < -0.3 is 13.6 Å². The fourth-order valence-electron chi connectivity index (χ4n) is 2.64. The van der Waals surface area contributed by atoms with Crippen LogP contribution in [0.4, 0.5) is 0 Å². The first-order valence-electron chi connectivity index (χ1n) is 8.94. The smallest absolute Gasteiger partial charge is 0.277 e. The summed E-state index contributed by atoms with van der Waals surface area (Å²) in [6.45, 7) is 4.50. The summed E-state index contributed by atoms with van der Waals surface area (Å²) in [7, 11) is 0. The number of thioether (sulfide) groups is 1. The van der Waals surface area contributed by atoms with E-state index in [9.17, 15) is 0 Å². The quantitative estimate of drug-likeness (QED) is 0.390. The summed E-state index contributed by atoms with van der Waals surface area (Å²) in [4.78, 5) is 4.60. The van der Waals surface area contributed by atoms with E-state index in [2.05, 4.69) is 15.2 Å².